The molecule has 0 atom stereocenters. The van der Waals surface area contributed by atoms with Crippen LogP contribution >= 0.6 is 0 Å². The molecule has 226 valence electrons. The molecule has 2 heteroatoms. The molecular weight excluding hydrogens is 583 g/mol. The lowest BCUT2D eigenvalue weighted by molar-refractivity contribution is 0.672. The van der Waals surface area contributed by atoms with E-state index in [1.54, 1.807) is 0 Å². The summed E-state index contributed by atoms with van der Waals surface area (Å²) in [5, 5.41) is 4.56. The van der Waals surface area contributed by atoms with Crippen LogP contribution in [0.1, 0.15) is 0 Å². The number of fused-ring (bicyclic) bond motifs is 5. The number of furan rings is 1. The van der Waals surface area contributed by atoms with Gasteiger partial charge in [-0.25, -0.2) is 0 Å². The fourth-order valence-electron chi connectivity index (χ4n) is 6.92. The smallest absolute Gasteiger partial charge is 0.143 e. The van der Waals surface area contributed by atoms with Crippen LogP contribution in [0, 0.1) is 0 Å². The first kappa shape index (κ1) is 27.9. The zero-order valence-corrected chi connectivity index (χ0v) is 26.3. The van der Waals surface area contributed by atoms with Crippen LogP contribution in [0.4, 0.5) is 17.1 Å². The van der Waals surface area contributed by atoms with Crippen LogP contribution in [0.3, 0.4) is 0 Å². The molecular formula is C46H31NO. The average molecular weight is 614 g/mol. The van der Waals surface area contributed by atoms with Crippen LogP contribution in [0.2, 0.25) is 0 Å². The maximum atomic E-state index is 6.47. The van der Waals surface area contributed by atoms with Gasteiger partial charge in [-0.05, 0) is 81.7 Å². The summed E-state index contributed by atoms with van der Waals surface area (Å²) in [7, 11) is 0. The lowest BCUT2D eigenvalue weighted by atomic mass is 9.98. The minimum Gasteiger partial charge on any atom is -0.455 e. The van der Waals surface area contributed by atoms with E-state index in [-0.39, 0.29) is 0 Å². The molecule has 0 aliphatic heterocycles. The molecule has 0 aliphatic carbocycles. The van der Waals surface area contributed by atoms with E-state index in [0.29, 0.717) is 0 Å². The van der Waals surface area contributed by atoms with Gasteiger partial charge in [0, 0.05) is 33.1 Å². The predicted octanol–water partition coefficient (Wildman–Crippen LogP) is 13.2. The molecule has 2 nitrogen and oxygen atoms in total. The zero-order valence-electron chi connectivity index (χ0n) is 26.3. The van der Waals surface area contributed by atoms with Crippen molar-refractivity contribution in [3.63, 3.8) is 0 Å². The van der Waals surface area contributed by atoms with Gasteiger partial charge < -0.3 is 9.32 Å². The van der Waals surface area contributed by atoms with Crippen LogP contribution in [-0.4, -0.2) is 0 Å². The molecule has 0 saturated carbocycles. The van der Waals surface area contributed by atoms with E-state index >= 15 is 0 Å². The number of hydrogen-bond donors (Lipinski definition) is 0. The summed E-state index contributed by atoms with van der Waals surface area (Å²) >= 11 is 0. The Morgan fingerprint density at radius 3 is 1.67 bits per heavy atom. The molecule has 0 unspecified atom stereocenters. The molecule has 8 aromatic carbocycles. The van der Waals surface area contributed by atoms with Gasteiger partial charge in [0.15, 0.2) is 0 Å². The van der Waals surface area contributed by atoms with Gasteiger partial charge in [0.1, 0.15) is 11.2 Å². The number of nitrogens with zero attached hydrogens (tertiary/aromatic N) is 1. The van der Waals surface area contributed by atoms with E-state index < -0.39 is 0 Å². The summed E-state index contributed by atoms with van der Waals surface area (Å²) in [5.41, 5.74) is 12.1. The van der Waals surface area contributed by atoms with Crippen molar-refractivity contribution >= 4 is 49.8 Å². The first-order valence-electron chi connectivity index (χ1n) is 16.3. The van der Waals surface area contributed by atoms with Gasteiger partial charge in [0.2, 0.25) is 0 Å². The molecule has 9 aromatic rings. The SMILES string of the molecule is c1ccc(-c2cccc(N(c3cccc(-c4ccccc4)c3)c3ccccc3-c3ccc4oc5c6ccccc6ccc5c4c3)c2)cc1. The number of para-hydroxylation sites is 1. The van der Waals surface area contributed by atoms with E-state index in [1.807, 2.05) is 0 Å². The zero-order chi connectivity index (χ0) is 31.9. The van der Waals surface area contributed by atoms with Crippen molar-refractivity contribution in [2.45, 2.75) is 0 Å². The Balaban J connectivity index is 1.24. The summed E-state index contributed by atoms with van der Waals surface area (Å²) in [5.74, 6) is 0. The molecule has 0 saturated heterocycles. The first-order chi connectivity index (χ1) is 23.8. The van der Waals surface area contributed by atoms with Crippen LogP contribution in [-0.2, 0) is 0 Å². The minimum absolute atomic E-state index is 0.894. The van der Waals surface area contributed by atoms with Gasteiger partial charge in [-0.1, -0.05) is 140 Å². The Hall–Kier alpha value is -6.38. The highest BCUT2D eigenvalue weighted by Gasteiger charge is 2.19. The minimum atomic E-state index is 0.894. The predicted molar refractivity (Wildman–Crippen MR) is 202 cm³/mol. The molecule has 9 rings (SSSR count). The van der Waals surface area contributed by atoms with Crippen molar-refractivity contribution in [3.05, 3.63) is 188 Å². The van der Waals surface area contributed by atoms with Gasteiger partial charge in [-0.3, -0.25) is 0 Å². The van der Waals surface area contributed by atoms with Crippen molar-refractivity contribution in [2.24, 2.45) is 0 Å². The van der Waals surface area contributed by atoms with Crippen molar-refractivity contribution in [1.82, 2.24) is 0 Å². The lowest BCUT2D eigenvalue weighted by Gasteiger charge is -2.29. The van der Waals surface area contributed by atoms with Crippen LogP contribution in [0.25, 0.3) is 66.1 Å². The first-order valence-corrected chi connectivity index (χ1v) is 16.3. The molecule has 0 spiro atoms. The van der Waals surface area contributed by atoms with E-state index in [2.05, 4.69) is 193 Å². The molecule has 0 bridgehead atoms. The van der Waals surface area contributed by atoms with Crippen LogP contribution in [0.15, 0.2) is 192 Å². The maximum absolute atomic E-state index is 6.47. The van der Waals surface area contributed by atoms with E-state index in [9.17, 15) is 0 Å². The van der Waals surface area contributed by atoms with Crippen molar-refractivity contribution in [1.29, 1.82) is 0 Å². The summed E-state index contributed by atoms with van der Waals surface area (Å²) in [6, 6.07) is 66.9. The van der Waals surface area contributed by atoms with E-state index in [0.717, 1.165) is 55.5 Å². The summed E-state index contributed by atoms with van der Waals surface area (Å²) in [4.78, 5) is 2.39. The third-order valence-corrected chi connectivity index (χ3v) is 9.24. The summed E-state index contributed by atoms with van der Waals surface area (Å²) in [6.07, 6.45) is 0. The fourth-order valence-corrected chi connectivity index (χ4v) is 6.92. The summed E-state index contributed by atoms with van der Waals surface area (Å²) < 4.78 is 6.47. The maximum Gasteiger partial charge on any atom is 0.143 e. The van der Waals surface area contributed by atoms with Crippen molar-refractivity contribution in [2.75, 3.05) is 4.90 Å². The number of hydrogen-bond acceptors (Lipinski definition) is 2. The molecule has 1 aromatic heterocycles. The fraction of sp³-hybridized carbons (Fsp3) is 0. The molecule has 0 fully saturated rings. The third kappa shape index (κ3) is 4.92. The molecule has 0 N–H and O–H groups in total. The molecule has 0 radical (unpaired) electrons. The highest BCUT2D eigenvalue weighted by molar-refractivity contribution is 6.15. The standard InChI is InChI=1S/C46H31NO/c1-3-13-32(14-4-1)35-18-11-20-38(29-35)47(39-21-12-19-36(30-39)33-15-5-2-6-16-33)44-24-10-9-22-40(44)37-26-28-45-43(31-37)42-27-25-34-17-7-8-23-41(34)46(42)48-45/h1-31H. The van der Waals surface area contributed by atoms with E-state index in [1.165, 1.54) is 27.6 Å². The highest BCUT2D eigenvalue weighted by atomic mass is 16.3. The number of anilines is 3. The highest BCUT2D eigenvalue weighted by Crippen LogP contribution is 2.44. The van der Waals surface area contributed by atoms with Gasteiger partial charge in [0.05, 0.1) is 5.69 Å². The number of benzene rings is 8. The largest absolute Gasteiger partial charge is 0.455 e. The second kappa shape index (κ2) is 11.8. The quantitative estimate of drug-likeness (QED) is 0.185. The van der Waals surface area contributed by atoms with Crippen molar-refractivity contribution < 1.29 is 4.42 Å². The number of rotatable bonds is 6. The lowest BCUT2D eigenvalue weighted by Crippen LogP contribution is -2.11. The normalized spacial score (nSPS) is 11.3. The monoisotopic (exact) mass is 613 g/mol. The van der Waals surface area contributed by atoms with Gasteiger partial charge in [-0.15, -0.1) is 0 Å². The van der Waals surface area contributed by atoms with E-state index in [4.69, 9.17) is 4.42 Å². The Morgan fingerprint density at radius 2 is 0.958 bits per heavy atom. The van der Waals surface area contributed by atoms with Gasteiger partial charge in [-0.2, -0.15) is 0 Å². The Labute approximate surface area is 279 Å². The summed E-state index contributed by atoms with van der Waals surface area (Å²) in [6.45, 7) is 0. The Bertz CT molecular complexity index is 2480. The average Bonchev–Trinajstić information content (AvgIpc) is 3.55. The van der Waals surface area contributed by atoms with Crippen LogP contribution < -0.4 is 4.90 Å². The molecule has 1 heterocycles. The second-order valence-corrected chi connectivity index (χ2v) is 12.2. The topological polar surface area (TPSA) is 16.4 Å². The Kier molecular flexibility index (Phi) is 6.84. The third-order valence-electron chi connectivity index (χ3n) is 9.24. The molecule has 48 heavy (non-hydrogen) atoms. The molecule has 0 aliphatic rings. The van der Waals surface area contributed by atoms with Crippen molar-refractivity contribution in [3.8, 4) is 33.4 Å². The van der Waals surface area contributed by atoms with Gasteiger partial charge >= 0.3 is 0 Å². The van der Waals surface area contributed by atoms with Gasteiger partial charge in [0.25, 0.3) is 0 Å². The van der Waals surface area contributed by atoms with Crippen LogP contribution in [0.5, 0.6) is 0 Å². The second-order valence-electron chi connectivity index (χ2n) is 12.2. The molecule has 0 amide bonds. The Morgan fingerprint density at radius 1 is 0.354 bits per heavy atom.